The predicted octanol–water partition coefficient (Wildman–Crippen LogP) is 2.97. The minimum absolute atomic E-state index is 0.0297. The fraction of sp³-hybridized carbons (Fsp3) is 0.500. The van der Waals surface area contributed by atoms with Crippen molar-refractivity contribution in [2.24, 2.45) is 0 Å². The molecule has 1 aromatic carbocycles. The van der Waals surface area contributed by atoms with Gasteiger partial charge in [0, 0.05) is 23.5 Å². The molecule has 1 aliphatic rings. The van der Waals surface area contributed by atoms with Crippen molar-refractivity contribution in [3.05, 3.63) is 29.3 Å². The summed E-state index contributed by atoms with van der Waals surface area (Å²) in [4.78, 5) is 19.3. The molecule has 0 saturated carbocycles. The molecule has 0 radical (unpaired) electrons. The molecule has 2 heterocycles. The van der Waals surface area contributed by atoms with Crippen LogP contribution >= 0.6 is 11.3 Å². The van der Waals surface area contributed by atoms with Gasteiger partial charge >= 0.3 is 0 Å². The average Bonchev–Trinajstić information content (AvgIpc) is 3.34. The SMILES string of the molecule is CCN1CCC[C@H]1CNC(=O)Cc1csc(-c2ccc(OC)c(OC)c2)n1. The fourth-order valence-corrected chi connectivity index (χ4v) is 4.31. The number of nitrogens with one attached hydrogen (secondary N) is 1. The second kappa shape index (κ2) is 9.19. The number of methoxy groups -OCH3 is 2. The van der Waals surface area contributed by atoms with E-state index in [1.165, 1.54) is 17.8 Å². The van der Waals surface area contributed by atoms with Gasteiger partial charge in [-0.2, -0.15) is 0 Å². The Morgan fingerprint density at radius 1 is 1.33 bits per heavy atom. The molecule has 146 valence electrons. The third-order valence-corrected chi connectivity index (χ3v) is 5.90. The van der Waals surface area contributed by atoms with Crippen LogP contribution in [0.5, 0.6) is 11.5 Å². The summed E-state index contributed by atoms with van der Waals surface area (Å²) in [7, 11) is 3.23. The Hall–Kier alpha value is -2.12. The number of benzene rings is 1. The van der Waals surface area contributed by atoms with Crippen LogP contribution in [0, 0.1) is 0 Å². The van der Waals surface area contributed by atoms with Crippen LogP contribution in [0.1, 0.15) is 25.5 Å². The Kier molecular flexibility index (Phi) is 6.68. The number of likely N-dealkylation sites (N-methyl/N-ethyl adjacent to an activating group) is 1. The molecule has 1 aromatic heterocycles. The predicted molar refractivity (Wildman–Crippen MR) is 108 cm³/mol. The van der Waals surface area contributed by atoms with Gasteiger partial charge < -0.3 is 14.8 Å². The topological polar surface area (TPSA) is 63.7 Å². The summed E-state index contributed by atoms with van der Waals surface area (Å²) in [5.74, 6) is 1.38. The first-order chi connectivity index (χ1) is 13.1. The van der Waals surface area contributed by atoms with Crippen LogP contribution in [0.15, 0.2) is 23.6 Å². The Morgan fingerprint density at radius 2 is 2.15 bits per heavy atom. The number of ether oxygens (including phenoxy) is 2. The first-order valence-electron chi connectivity index (χ1n) is 9.32. The summed E-state index contributed by atoms with van der Waals surface area (Å²) in [5.41, 5.74) is 1.75. The molecule has 27 heavy (non-hydrogen) atoms. The Labute approximate surface area is 164 Å². The summed E-state index contributed by atoms with van der Waals surface area (Å²) in [6.45, 7) is 5.07. The molecule has 0 bridgehead atoms. The van der Waals surface area contributed by atoms with Crippen molar-refractivity contribution in [2.75, 3.05) is 33.9 Å². The van der Waals surface area contributed by atoms with Gasteiger partial charge in [0.1, 0.15) is 5.01 Å². The normalized spacial score (nSPS) is 17.1. The van der Waals surface area contributed by atoms with E-state index in [0.717, 1.165) is 42.3 Å². The van der Waals surface area contributed by atoms with Crippen molar-refractivity contribution in [1.82, 2.24) is 15.2 Å². The van der Waals surface area contributed by atoms with Crippen molar-refractivity contribution in [1.29, 1.82) is 0 Å². The van der Waals surface area contributed by atoms with Crippen LogP contribution in [0.2, 0.25) is 0 Å². The molecule has 1 fully saturated rings. The van der Waals surface area contributed by atoms with Gasteiger partial charge in [0.25, 0.3) is 0 Å². The maximum Gasteiger partial charge on any atom is 0.226 e. The van der Waals surface area contributed by atoms with Crippen LogP contribution in [0.4, 0.5) is 0 Å². The van der Waals surface area contributed by atoms with Crippen molar-refractivity contribution in [3.63, 3.8) is 0 Å². The van der Waals surface area contributed by atoms with E-state index in [2.05, 4.69) is 22.1 Å². The van der Waals surface area contributed by atoms with E-state index >= 15 is 0 Å². The van der Waals surface area contributed by atoms with Gasteiger partial charge in [-0.3, -0.25) is 9.69 Å². The fourth-order valence-electron chi connectivity index (χ4n) is 3.49. The molecule has 3 rings (SSSR count). The first kappa shape index (κ1) is 19.6. The number of thiazole rings is 1. The van der Waals surface area contributed by atoms with E-state index in [-0.39, 0.29) is 5.91 Å². The van der Waals surface area contributed by atoms with Crippen LogP contribution in [-0.2, 0) is 11.2 Å². The van der Waals surface area contributed by atoms with Crippen LogP contribution < -0.4 is 14.8 Å². The van der Waals surface area contributed by atoms with E-state index in [0.29, 0.717) is 24.0 Å². The number of aromatic nitrogens is 1. The number of rotatable bonds is 8. The highest BCUT2D eigenvalue weighted by Gasteiger charge is 2.23. The molecular weight excluding hydrogens is 362 g/mol. The van der Waals surface area contributed by atoms with E-state index in [4.69, 9.17) is 9.47 Å². The minimum atomic E-state index is 0.0297. The molecular formula is C20H27N3O3S. The second-order valence-electron chi connectivity index (χ2n) is 6.62. The van der Waals surface area contributed by atoms with Gasteiger partial charge in [-0.05, 0) is 44.1 Å². The molecule has 7 heteroatoms. The standard InChI is InChI=1S/C20H27N3O3S/c1-4-23-9-5-6-16(23)12-21-19(24)11-15-13-27-20(22-15)14-7-8-17(25-2)18(10-14)26-3/h7-8,10,13,16H,4-6,9,11-12H2,1-3H3,(H,21,24)/t16-/m0/s1. The lowest BCUT2D eigenvalue weighted by Crippen LogP contribution is -2.40. The highest BCUT2D eigenvalue weighted by Crippen LogP contribution is 2.33. The van der Waals surface area contributed by atoms with Gasteiger partial charge in [0.05, 0.1) is 26.3 Å². The highest BCUT2D eigenvalue weighted by atomic mass is 32.1. The van der Waals surface area contributed by atoms with Crippen molar-refractivity contribution < 1.29 is 14.3 Å². The number of carbonyl (C=O) groups is 1. The van der Waals surface area contributed by atoms with Crippen LogP contribution in [0.3, 0.4) is 0 Å². The number of hydrogen-bond donors (Lipinski definition) is 1. The maximum absolute atomic E-state index is 12.3. The van der Waals surface area contributed by atoms with Gasteiger partial charge in [0.2, 0.25) is 5.91 Å². The summed E-state index contributed by atoms with van der Waals surface area (Å²) in [6, 6.07) is 6.18. The summed E-state index contributed by atoms with van der Waals surface area (Å²) >= 11 is 1.53. The number of carbonyl (C=O) groups excluding carboxylic acids is 1. The molecule has 0 spiro atoms. The number of nitrogens with zero attached hydrogens (tertiary/aromatic N) is 2. The van der Waals surface area contributed by atoms with Crippen LogP contribution in [0.25, 0.3) is 10.6 Å². The van der Waals surface area contributed by atoms with Crippen LogP contribution in [-0.4, -0.2) is 55.7 Å². The molecule has 0 aliphatic carbocycles. The first-order valence-corrected chi connectivity index (χ1v) is 10.2. The smallest absolute Gasteiger partial charge is 0.226 e. The Morgan fingerprint density at radius 3 is 2.89 bits per heavy atom. The zero-order valence-corrected chi connectivity index (χ0v) is 17.0. The summed E-state index contributed by atoms with van der Waals surface area (Å²) in [6.07, 6.45) is 2.69. The summed E-state index contributed by atoms with van der Waals surface area (Å²) in [5, 5.41) is 5.88. The summed E-state index contributed by atoms with van der Waals surface area (Å²) < 4.78 is 10.6. The zero-order valence-electron chi connectivity index (χ0n) is 16.2. The van der Waals surface area contributed by atoms with E-state index in [9.17, 15) is 4.79 Å². The van der Waals surface area contributed by atoms with Gasteiger partial charge in [-0.1, -0.05) is 6.92 Å². The number of hydrogen-bond acceptors (Lipinski definition) is 6. The molecule has 0 unspecified atom stereocenters. The van der Waals surface area contributed by atoms with E-state index in [1.54, 1.807) is 14.2 Å². The van der Waals surface area contributed by atoms with Gasteiger partial charge in [-0.15, -0.1) is 11.3 Å². The zero-order chi connectivity index (χ0) is 19.2. The van der Waals surface area contributed by atoms with Crippen molar-refractivity contribution in [2.45, 2.75) is 32.2 Å². The largest absolute Gasteiger partial charge is 0.493 e. The highest BCUT2D eigenvalue weighted by molar-refractivity contribution is 7.13. The Bertz CT molecular complexity index is 778. The number of likely N-dealkylation sites (tertiary alicyclic amines) is 1. The average molecular weight is 390 g/mol. The lowest BCUT2D eigenvalue weighted by Gasteiger charge is -2.22. The lowest BCUT2D eigenvalue weighted by molar-refractivity contribution is -0.120. The molecule has 1 aliphatic heterocycles. The van der Waals surface area contributed by atoms with Crippen molar-refractivity contribution >= 4 is 17.2 Å². The third kappa shape index (κ3) is 4.78. The molecule has 1 N–H and O–H groups in total. The monoisotopic (exact) mass is 389 g/mol. The molecule has 6 nitrogen and oxygen atoms in total. The molecule has 1 saturated heterocycles. The second-order valence-corrected chi connectivity index (χ2v) is 7.48. The quantitative estimate of drug-likeness (QED) is 0.752. The van der Waals surface area contributed by atoms with Gasteiger partial charge in [-0.25, -0.2) is 4.98 Å². The van der Waals surface area contributed by atoms with E-state index in [1.807, 2.05) is 23.6 Å². The number of amides is 1. The van der Waals surface area contributed by atoms with Crippen molar-refractivity contribution in [3.8, 4) is 22.1 Å². The molecule has 1 amide bonds. The molecule has 2 aromatic rings. The third-order valence-electron chi connectivity index (χ3n) is 4.96. The van der Waals surface area contributed by atoms with Gasteiger partial charge in [0.15, 0.2) is 11.5 Å². The maximum atomic E-state index is 12.3. The molecule has 1 atom stereocenters. The van der Waals surface area contributed by atoms with E-state index < -0.39 is 0 Å². The lowest BCUT2D eigenvalue weighted by atomic mass is 10.2. The minimum Gasteiger partial charge on any atom is -0.493 e. The Balaban J connectivity index is 1.58.